The predicted octanol–water partition coefficient (Wildman–Crippen LogP) is 3.31. The lowest BCUT2D eigenvalue weighted by Gasteiger charge is -2.12. The van der Waals surface area contributed by atoms with Gasteiger partial charge in [-0.1, -0.05) is 6.07 Å². The first kappa shape index (κ1) is 12.9. The van der Waals surface area contributed by atoms with Gasteiger partial charge < -0.3 is 9.30 Å². The van der Waals surface area contributed by atoms with Crippen LogP contribution in [0, 0.1) is 0 Å². The van der Waals surface area contributed by atoms with Crippen molar-refractivity contribution in [1.82, 2.24) is 4.57 Å². The van der Waals surface area contributed by atoms with Gasteiger partial charge in [0.2, 0.25) is 0 Å². The number of nitrogens with zero attached hydrogens (tertiary/aromatic N) is 1. The molecule has 0 N–H and O–H groups in total. The molecule has 0 aliphatic rings. The number of aromatic nitrogens is 1. The summed E-state index contributed by atoms with van der Waals surface area (Å²) in [6, 6.07) is 11.0. The number of methoxy groups -OCH3 is 1. The van der Waals surface area contributed by atoms with Crippen molar-refractivity contribution in [2.75, 3.05) is 7.11 Å². The number of hydrogen-bond acceptors (Lipinski definition) is 2. The first-order valence-corrected chi connectivity index (χ1v) is 6.50. The van der Waals surface area contributed by atoms with Gasteiger partial charge in [0.05, 0.1) is 12.8 Å². The van der Waals surface area contributed by atoms with Crippen LogP contribution in [0.2, 0.25) is 0 Å². The van der Waals surface area contributed by atoms with Gasteiger partial charge in [-0.2, -0.15) is 0 Å². The zero-order chi connectivity index (χ0) is 13.1. The van der Waals surface area contributed by atoms with Crippen LogP contribution < -0.4 is 10.3 Å². The number of benzene rings is 1. The second-order valence-electron chi connectivity index (χ2n) is 3.84. The maximum atomic E-state index is 11.8. The van der Waals surface area contributed by atoms with Crippen molar-refractivity contribution in [2.24, 2.45) is 0 Å². The van der Waals surface area contributed by atoms with E-state index in [-0.39, 0.29) is 5.56 Å². The average Bonchev–Trinajstić information content (AvgIpc) is 2.38. The molecule has 1 heterocycles. The summed E-state index contributed by atoms with van der Waals surface area (Å²) in [7, 11) is 1.63. The van der Waals surface area contributed by atoms with Crippen LogP contribution in [0.15, 0.2) is 45.7 Å². The molecule has 1 aromatic carbocycles. The molecule has 0 saturated carbocycles. The highest BCUT2D eigenvalue weighted by atomic mass is 79.9. The van der Waals surface area contributed by atoms with Crippen molar-refractivity contribution in [1.29, 1.82) is 0 Å². The normalized spacial score (nSPS) is 10.4. The van der Waals surface area contributed by atoms with Crippen LogP contribution in [0.4, 0.5) is 0 Å². The van der Waals surface area contributed by atoms with Gasteiger partial charge >= 0.3 is 0 Å². The van der Waals surface area contributed by atoms with Crippen LogP contribution in [0.3, 0.4) is 0 Å². The summed E-state index contributed by atoms with van der Waals surface area (Å²) >= 11 is 3.52. The van der Waals surface area contributed by atoms with Gasteiger partial charge in [-0.05, 0) is 47.1 Å². The summed E-state index contributed by atoms with van der Waals surface area (Å²) in [5.74, 6) is 0.784. The summed E-state index contributed by atoms with van der Waals surface area (Å²) in [6.07, 6.45) is 0. The lowest BCUT2D eigenvalue weighted by Crippen LogP contribution is -2.19. The van der Waals surface area contributed by atoms with Gasteiger partial charge in [0.15, 0.2) is 0 Å². The van der Waals surface area contributed by atoms with E-state index in [2.05, 4.69) is 15.9 Å². The van der Waals surface area contributed by atoms with Crippen molar-refractivity contribution < 1.29 is 4.74 Å². The van der Waals surface area contributed by atoms with Crippen LogP contribution >= 0.6 is 15.9 Å². The lowest BCUT2D eigenvalue weighted by atomic mass is 10.1. The minimum Gasteiger partial charge on any atom is -0.497 e. The topological polar surface area (TPSA) is 31.2 Å². The van der Waals surface area contributed by atoms with Crippen molar-refractivity contribution in [3.63, 3.8) is 0 Å². The molecule has 0 spiro atoms. The molecule has 0 unspecified atom stereocenters. The van der Waals surface area contributed by atoms with E-state index >= 15 is 0 Å². The average molecular weight is 308 g/mol. The van der Waals surface area contributed by atoms with Gasteiger partial charge in [0.25, 0.3) is 5.56 Å². The SMILES string of the molecule is CCn1c(-c2ccc(OC)cc2Br)cccc1=O. The van der Waals surface area contributed by atoms with Crippen LogP contribution in [-0.4, -0.2) is 11.7 Å². The van der Waals surface area contributed by atoms with Gasteiger partial charge in [0, 0.05) is 22.6 Å². The Balaban J connectivity index is 2.62. The first-order valence-electron chi connectivity index (χ1n) is 5.71. The molecule has 0 aliphatic heterocycles. The molecular weight excluding hydrogens is 294 g/mol. The quantitative estimate of drug-likeness (QED) is 0.871. The molecule has 0 bridgehead atoms. The van der Waals surface area contributed by atoms with Crippen LogP contribution in [0.25, 0.3) is 11.3 Å². The van der Waals surface area contributed by atoms with Crippen molar-refractivity contribution >= 4 is 15.9 Å². The standard InChI is InChI=1S/C14H14BrNO2/c1-3-16-13(5-4-6-14(16)17)11-8-7-10(18-2)9-12(11)15/h4-9H,3H2,1-2H3. The number of pyridine rings is 1. The maximum absolute atomic E-state index is 11.8. The number of hydrogen-bond donors (Lipinski definition) is 0. The number of halogens is 1. The number of rotatable bonds is 3. The third kappa shape index (κ3) is 2.34. The Morgan fingerprint density at radius 3 is 2.67 bits per heavy atom. The van der Waals surface area contributed by atoms with Crippen LogP contribution in [0.1, 0.15) is 6.92 Å². The molecule has 2 aromatic rings. The third-order valence-electron chi connectivity index (χ3n) is 2.82. The molecule has 94 valence electrons. The molecule has 4 heteroatoms. The van der Waals surface area contributed by atoms with E-state index in [0.29, 0.717) is 6.54 Å². The zero-order valence-electron chi connectivity index (χ0n) is 10.3. The minimum atomic E-state index is 0.0118. The van der Waals surface area contributed by atoms with Gasteiger partial charge in [0.1, 0.15) is 5.75 Å². The fraction of sp³-hybridized carbons (Fsp3) is 0.214. The van der Waals surface area contributed by atoms with E-state index in [1.54, 1.807) is 23.8 Å². The largest absolute Gasteiger partial charge is 0.497 e. The summed E-state index contributed by atoms with van der Waals surface area (Å²) in [6.45, 7) is 2.61. The molecule has 1 aromatic heterocycles. The second-order valence-corrected chi connectivity index (χ2v) is 4.69. The van der Waals surface area contributed by atoms with Gasteiger partial charge in [-0.15, -0.1) is 0 Å². The van der Waals surface area contributed by atoms with E-state index in [9.17, 15) is 4.79 Å². The van der Waals surface area contributed by atoms with Gasteiger partial charge in [-0.25, -0.2) is 0 Å². The Bertz CT molecular complexity index is 619. The minimum absolute atomic E-state index is 0.0118. The lowest BCUT2D eigenvalue weighted by molar-refractivity contribution is 0.414. The van der Waals surface area contributed by atoms with E-state index in [1.807, 2.05) is 31.2 Å². The van der Waals surface area contributed by atoms with Crippen LogP contribution in [0.5, 0.6) is 5.75 Å². The molecule has 3 nitrogen and oxygen atoms in total. The summed E-state index contributed by atoms with van der Waals surface area (Å²) in [5, 5.41) is 0. The molecule has 0 fully saturated rings. The molecule has 2 rings (SSSR count). The maximum Gasteiger partial charge on any atom is 0.250 e. The molecule has 0 aliphatic carbocycles. The monoisotopic (exact) mass is 307 g/mol. The van der Waals surface area contributed by atoms with E-state index in [1.165, 1.54) is 0 Å². The smallest absolute Gasteiger partial charge is 0.250 e. The first-order chi connectivity index (χ1) is 8.67. The highest BCUT2D eigenvalue weighted by Crippen LogP contribution is 2.30. The Morgan fingerprint density at radius 1 is 1.28 bits per heavy atom. The zero-order valence-corrected chi connectivity index (χ0v) is 11.9. The molecule has 0 atom stereocenters. The second kappa shape index (κ2) is 5.40. The molecular formula is C14H14BrNO2. The number of ether oxygens (including phenoxy) is 1. The Hall–Kier alpha value is -1.55. The molecule has 0 saturated heterocycles. The van der Waals surface area contributed by atoms with Gasteiger partial charge in [-0.3, -0.25) is 4.79 Å². The predicted molar refractivity (Wildman–Crippen MR) is 76.1 cm³/mol. The molecule has 0 amide bonds. The summed E-state index contributed by atoms with van der Waals surface area (Å²) < 4.78 is 7.82. The molecule has 0 radical (unpaired) electrons. The summed E-state index contributed by atoms with van der Waals surface area (Å²) in [4.78, 5) is 11.8. The van der Waals surface area contributed by atoms with E-state index in [0.717, 1.165) is 21.5 Å². The fourth-order valence-corrected chi connectivity index (χ4v) is 2.47. The highest BCUT2D eigenvalue weighted by molar-refractivity contribution is 9.10. The highest BCUT2D eigenvalue weighted by Gasteiger charge is 2.09. The van der Waals surface area contributed by atoms with E-state index < -0.39 is 0 Å². The Morgan fingerprint density at radius 2 is 2.06 bits per heavy atom. The third-order valence-corrected chi connectivity index (χ3v) is 3.47. The summed E-state index contributed by atoms with van der Waals surface area (Å²) in [5.41, 5.74) is 1.90. The fourth-order valence-electron chi connectivity index (χ4n) is 1.91. The van der Waals surface area contributed by atoms with Crippen LogP contribution in [-0.2, 0) is 6.54 Å². The molecule has 18 heavy (non-hydrogen) atoms. The van der Waals surface area contributed by atoms with E-state index in [4.69, 9.17) is 4.74 Å². The van der Waals surface area contributed by atoms with Crippen molar-refractivity contribution in [3.8, 4) is 17.0 Å². The van der Waals surface area contributed by atoms with Crippen molar-refractivity contribution in [2.45, 2.75) is 13.5 Å². The van der Waals surface area contributed by atoms with Crippen molar-refractivity contribution in [3.05, 3.63) is 51.2 Å². The Labute approximate surface area is 114 Å². The Kier molecular flexibility index (Phi) is 3.87.